The van der Waals surface area contributed by atoms with Crippen molar-refractivity contribution in [2.45, 2.75) is 44.6 Å². The molecule has 0 radical (unpaired) electrons. The summed E-state index contributed by atoms with van der Waals surface area (Å²) >= 11 is 0. The SMILES string of the molecule is C1=CC(C=CCN2CCN(C3CCCC3)CC2)=CCC1. The zero-order chi connectivity index (χ0) is 13.6. The molecule has 0 bridgehead atoms. The highest BCUT2D eigenvalue weighted by atomic mass is 15.3. The van der Waals surface area contributed by atoms with Gasteiger partial charge in [0.25, 0.3) is 0 Å². The minimum Gasteiger partial charge on any atom is -0.298 e. The minimum absolute atomic E-state index is 0.908. The van der Waals surface area contributed by atoms with Crippen LogP contribution in [-0.4, -0.2) is 48.6 Å². The lowest BCUT2D eigenvalue weighted by Crippen LogP contribution is -2.49. The van der Waals surface area contributed by atoms with Crippen LogP contribution in [-0.2, 0) is 0 Å². The first kappa shape index (κ1) is 14.1. The van der Waals surface area contributed by atoms with Crippen molar-refractivity contribution in [1.29, 1.82) is 0 Å². The Balaban J connectivity index is 1.39. The van der Waals surface area contributed by atoms with Gasteiger partial charge >= 0.3 is 0 Å². The molecule has 0 aromatic heterocycles. The fraction of sp³-hybridized carbons (Fsp3) is 0.667. The number of piperazine rings is 1. The average molecular weight is 272 g/mol. The van der Waals surface area contributed by atoms with E-state index in [0.717, 1.165) is 12.6 Å². The van der Waals surface area contributed by atoms with E-state index in [1.165, 1.54) is 70.3 Å². The summed E-state index contributed by atoms with van der Waals surface area (Å²) in [7, 11) is 0. The summed E-state index contributed by atoms with van der Waals surface area (Å²) in [6.07, 6.45) is 19.7. The normalized spacial score (nSPS) is 26.5. The molecule has 3 rings (SSSR count). The van der Waals surface area contributed by atoms with Gasteiger partial charge < -0.3 is 0 Å². The summed E-state index contributed by atoms with van der Waals surface area (Å²) in [6.45, 7) is 6.16. The molecule has 20 heavy (non-hydrogen) atoms. The summed E-state index contributed by atoms with van der Waals surface area (Å²) in [4.78, 5) is 5.33. The van der Waals surface area contributed by atoms with Crippen LogP contribution in [0.4, 0.5) is 0 Å². The van der Waals surface area contributed by atoms with Crippen molar-refractivity contribution >= 4 is 0 Å². The third kappa shape index (κ3) is 3.83. The molecule has 1 saturated carbocycles. The molecule has 110 valence electrons. The monoisotopic (exact) mass is 272 g/mol. The average Bonchev–Trinajstić information content (AvgIpc) is 3.03. The van der Waals surface area contributed by atoms with Crippen LogP contribution < -0.4 is 0 Å². The molecular weight excluding hydrogens is 244 g/mol. The smallest absolute Gasteiger partial charge is 0.0167 e. The van der Waals surface area contributed by atoms with Crippen LogP contribution in [0.2, 0.25) is 0 Å². The summed E-state index contributed by atoms with van der Waals surface area (Å²) in [5.41, 5.74) is 1.39. The number of nitrogens with zero attached hydrogens (tertiary/aromatic N) is 2. The number of rotatable bonds is 4. The first-order valence-corrected chi connectivity index (χ1v) is 8.41. The van der Waals surface area contributed by atoms with Gasteiger partial charge in [0, 0.05) is 38.8 Å². The lowest BCUT2D eigenvalue weighted by Gasteiger charge is -2.37. The Hall–Kier alpha value is -0.860. The summed E-state index contributed by atoms with van der Waals surface area (Å²) in [5, 5.41) is 0. The highest BCUT2D eigenvalue weighted by molar-refractivity contribution is 5.32. The summed E-state index contributed by atoms with van der Waals surface area (Å²) in [5.74, 6) is 0. The molecular formula is C18H28N2. The molecule has 0 unspecified atom stereocenters. The van der Waals surface area contributed by atoms with Crippen molar-refractivity contribution in [1.82, 2.24) is 9.80 Å². The Bertz CT molecular complexity index is 380. The molecule has 0 aromatic rings. The van der Waals surface area contributed by atoms with Gasteiger partial charge in [0.15, 0.2) is 0 Å². The predicted octanol–water partition coefficient (Wildman–Crippen LogP) is 3.38. The van der Waals surface area contributed by atoms with Gasteiger partial charge in [-0.3, -0.25) is 9.80 Å². The summed E-state index contributed by atoms with van der Waals surface area (Å²) < 4.78 is 0. The number of hydrogen-bond acceptors (Lipinski definition) is 2. The Morgan fingerprint density at radius 3 is 2.55 bits per heavy atom. The topological polar surface area (TPSA) is 6.48 Å². The van der Waals surface area contributed by atoms with Crippen LogP contribution in [0.5, 0.6) is 0 Å². The standard InChI is InChI=1S/C18H28N2/c1-2-7-17(8-3-1)9-6-12-19-13-15-20(16-14-19)18-10-4-5-11-18/h2,6-9,18H,1,3-5,10-16H2. The van der Waals surface area contributed by atoms with E-state index in [1.54, 1.807) is 0 Å². The van der Waals surface area contributed by atoms with Gasteiger partial charge in [-0.1, -0.05) is 43.2 Å². The Morgan fingerprint density at radius 2 is 1.85 bits per heavy atom. The molecule has 0 amide bonds. The first-order valence-electron chi connectivity index (χ1n) is 8.41. The molecule has 0 N–H and O–H groups in total. The van der Waals surface area contributed by atoms with Crippen molar-refractivity contribution in [3.63, 3.8) is 0 Å². The third-order valence-corrected chi connectivity index (χ3v) is 4.95. The zero-order valence-corrected chi connectivity index (χ0v) is 12.6. The minimum atomic E-state index is 0.908. The number of allylic oxidation sites excluding steroid dienone is 5. The van der Waals surface area contributed by atoms with Gasteiger partial charge in [-0.15, -0.1) is 0 Å². The predicted molar refractivity (Wildman–Crippen MR) is 85.9 cm³/mol. The number of hydrogen-bond donors (Lipinski definition) is 0. The molecule has 2 heteroatoms. The Morgan fingerprint density at radius 1 is 1.05 bits per heavy atom. The molecule has 0 aromatic carbocycles. The van der Waals surface area contributed by atoms with E-state index in [1.807, 2.05) is 0 Å². The molecule has 2 aliphatic carbocycles. The van der Waals surface area contributed by atoms with E-state index in [-0.39, 0.29) is 0 Å². The van der Waals surface area contributed by atoms with E-state index in [0.29, 0.717) is 0 Å². The molecule has 1 aliphatic heterocycles. The molecule has 2 fully saturated rings. The fourth-order valence-corrected chi connectivity index (χ4v) is 3.68. The fourth-order valence-electron chi connectivity index (χ4n) is 3.68. The van der Waals surface area contributed by atoms with Crippen LogP contribution in [0.3, 0.4) is 0 Å². The van der Waals surface area contributed by atoms with Gasteiger partial charge in [0.1, 0.15) is 0 Å². The van der Waals surface area contributed by atoms with E-state index in [9.17, 15) is 0 Å². The van der Waals surface area contributed by atoms with Crippen molar-refractivity contribution in [2.75, 3.05) is 32.7 Å². The van der Waals surface area contributed by atoms with Crippen LogP contribution in [0.1, 0.15) is 38.5 Å². The van der Waals surface area contributed by atoms with E-state index < -0.39 is 0 Å². The lowest BCUT2D eigenvalue weighted by molar-refractivity contribution is 0.105. The molecule has 0 atom stereocenters. The van der Waals surface area contributed by atoms with Gasteiger partial charge in [0.05, 0.1) is 0 Å². The molecule has 1 heterocycles. The second-order valence-electron chi connectivity index (χ2n) is 6.36. The molecule has 1 saturated heterocycles. The third-order valence-electron chi connectivity index (χ3n) is 4.95. The second-order valence-corrected chi connectivity index (χ2v) is 6.36. The molecule has 2 nitrogen and oxygen atoms in total. The van der Waals surface area contributed by atoms with Crippen molar-refractivity contribution < 1.29 is 0 Å². The maximum absolute atomic E-state index is 2.74. The highest BCUT2D eigenvalue weighted by Gasteiger charge is 2.25. The maximum Gasteiger partial charge on any atom is 0.0167 e. The van der Waals surface area contributed by atoms with Crippen LogP contribution >= 0.6 is 0 Å². The quantitative estimate of drug-likeness (QED) is 0.774. The van der Waals surface area contributed by atoms with Crippen molar-refractivity contribution in [2.24, 2.45) is 0 Å². The van der Waals surface area contributed by atoms with Gasteiger partial charge in [0.2, 0.25) is 0 Å². The van der Waals surface area contributed by atoms with Gasteiger partial charge in [-0.2, -0.15) is 0 Å². The second kappa shape index (κ2) is 7.24. The van der Waals surface area contributed by atoms with Gasteiger partial charge in [-0.05, 0) is 31.3 Å². The Labute approximate surface area is 123 Å². The van der Waals surface area contributed by atoms with Crippen LogP contribution in [0.25, 0.3) is 0 Å². The largest absolute Gasteiger partial charge is 0.298 e. The van der Waals surface area contributed by atoms with Crippen LogP contribution in [0.15, 0.2) is 36.0 Å². The first-order chi connectivity index (χ1) is 9.92. The maximum atomic E-state index is 2.74. The van der Waals surface area contributed by atoms with Crippen molar-refractivity contribution in [3.05, 3.63) is 36.0 Å². The van der Waals surface area contributed by atoms with E-state index >= 15 is 0 Å². The van der Waals surface area contributed by atoms with Crippen LogP contribution in [0, 0.1) is 0 Å². The van der Waals surface area contributed by atoms with Crippen molar-refractivity contribution in [3.8, 4) is 0 Å². The van der Waals surface area contributed by atoms with E-state index in [4.69, 9.17) is 0 Å². The molecule has 0 spiro atoms. The van der Waals surface area contributed by atoms with E-state index in [2.05, 4.69) is 40.2 Å². The lowest BCUT2D eigenvalue weighted by atomic mass is 10.1. The Kier molecular flexibility index (Phi) is 5.10. The molecule has 3 aliphatic rings. The highest BCUT2D eigenvalue weighted by Crippen LogP contribution is 2.24. The zero-order valence-electron chi connectivity index (χ0n) is 12.6. The summed E-state index contributed by atoms with van der Waals surface area (Å²) in [6, 6.07) is 0.908. The van der Waals surface area contributed by atoms with Gasteiger partial charge in [-0.25, -0.2) is 0 Å².